The fraction of sp³-hybridized carbons (Fsp3) is 0.115. The predicted octanol–water partition coefficient (Wildman–Crippen LogP) is 5.55. The molecule has 0 aromatic heterocycles. The first-order valence-electron chi connectivity index (χ1n) is 9.91. The minimum absolute atomic E-state index is 0.476. The van der Waals surface area contributed by atoms with E-state index in [0.717, 1.165) is 11.1 Å². The third-order valence-electron chi connectivity index (χ3n) is 4.88. The van der Waals surface area contributed by atoms with Gasteiger partial charge in [0.2, 0.25) is 0 Å². The number of rotatable bonds is 8. The SMILES string of the molecule is COc1cc(/C=N\NCc2ccccc2)ccc1OCc1cccc2ccccc12. The average Bonchev–Trinajstić information content (AvgIpc) is 2.81. The van der Waals surface area contributed by atoms with Gasteiger partial charge in [-0.15, -0.1) is 0 Å². The number of fused-ring (bicyclic) bond motifs is 1. The Balaban J connectivity index is 1.41. The summed E-state index contributed by atoms with van der Waals surface area (Å²) in [5.41, 5.74) is 6.33. The molecule has 4 aromatic rings. The summed E-state index contributed by atoms with van der Waals surface area (Å²) in [4.78, 5) is 0. The molecule has 0 atom stereocenters. The summed E-state index contributed by atoms with van der Waals surface area (Å²) in [5, 5.41) is 6.71. The van der Waals surface area contributed by atoms with Crippen molar-refractivity contribution in [2.24, 2.45) is 5.10 Å². The van der Waals surface area contributed by atoms with Gasteiger partial charge in [-0.05, 0) is 45.7 Å². The maximum absolute atomic E-state index is 6.08. The molecular formula is C26H24N2O2. The second-order valence-corrected chi connectivity index (χ2v) is 6.92. The number of nitrogens with zero attached hydrogens (tertiary/aromatic N) is 1. The standard InChI is InChI=1S/C26H24N2O2/c1-29-26-16-21(18-28-27-17-20-8-3-2-4-9-20)14-15-25(26)30-19-23-12-7-11-22-10-5-6-13-24(22)23/h2-16,18,27H,17,19H2,1H3/b28-18-. The summed E-state index contributed by atoms with van der Waals surface area (Å²) in [5.74, 6) is 1.39. The highest BCUT2D eigenvalue weighted by Gasteiger charge is 2.07. The second kappa shape index (κ2) is 9.61. The van der Waals surface area contributed by atoms with E-state index in [1.54, 1.807) is 13.3 Å². The Morgan fingerprint density at radius 3 is 2.50 bits per heavy atom. The third kappa shape index (κ3) is 4.78. The Hall–Kier alpha value is -3.79. The minimum atomic E-state index is 0.476. The van der Waals surface area contributed by atoms with Crippen molar-refractivity contribution in [3.63, 3.8) is 0 Å². The lowest BCUT2D eigenvalue weighted by Gasteiger charge is -2.12. The van der Waals surface area contributed by atoms with E-state index < -0.39 is 0 Å². The van der Waals surface area contributed by atoms with Crippen LogP contribution in [-0.2, 0) is 13.2 Å². The van der Waals surface area contributed by atoms with E-state index in [0.29, 0.717) is 24.7 Å². The Bertz CT molecular complexity index is 1130. The maximum Gasteiger partial charge on any atom is 0.161 e. The third-order valence-corrected chi connectivity index (χ3v) is 4.88. The first kappa shape index (κ1) is 19.5. The lowest BCUT2D eigenvalue weighted by atomic mass is 10.1. The van der Waals surface area contributed by atoms with Crippen molar-refractivity contribution in [2.45, 2.75) is 13.2 Å². The van der Waals surface area contributed by atoms with Crippen LogP contribution in [0.2, 0.25) is 0 Å². The Labute approximate surface area is 176 Å². The summed E-state index contributed by atoms with van der Waals surface area (Å²) < 4.78 is 11.6. The van der Waals surface area contributed by atoms with Gasteiger partial charge in [0.25, 0.3) is 0 Å². The number of hydrazone groups is 1. The molecule has 4 aromatic carbocycles. The fourth-order valence-corrected chi connectivity index (χ4v) is 3.31. The van der Waals surface area contributed by atoms with Gasteiger partial charge in [0.05, 0.1) is 19.9 Å². The van der Waals surface area contributed by atoms with Crippen LogP contribution in [0.25, 0.3) is 10.8 Å². The molecule has 4 heteroatoms. The van der Waals surface area contributed by atoms with Crippen LogP contribution >= 0.6 is 0 Å². The lowest BCUT2D eigenvalue weighted by Crippen LogP contribution is -2.05. The van der Waals surface area contributed by atoms with Crippen LogP contribution in [0.4, 0.5) is 0 Å². The van der Waals surface area contributed by atoms with Gasteiger partial charge in [0.15, 0.2) is 11.5 Å². The molecule has 150 valence electrons. The number of ether oxygens (including phenoxy) is 2. The van der Waals surface area contributed by atoms with Crippen LogP contribution in [0.15, 0.2) is 96.1 Å². The van der Waals surface area contributed by atoms with E-state index in [1.165, 1.54) is 16.3 Å². The molecule has 0 amide bonds. The van der Waals surface area contributed by atoms with E-state index >= 15 is 0 Å². The molecular weight excluding hydrogens is 372 g/mol. The molecule has 0 spiro atoms. The molecule has 30 heavy (non-hydrogen) atoms. The zero-order chi connectivity index (χ0) is 20.6. The zero-order valence-corrected chi connectivity index (χ0v) is 16.9. The quantitative estimate of drug-likeness (QED) is 0.314. The van der Waals surface area contributed by atoms with Gasteiger partial charge in [-0.25, -0.2) is 0 Å². The summed E-state index contributed by atoms with van der Waals surface area (Å²) in [6.45, 7) is 1.16. The van der Waals surface area contributed by atoms with Crippen LogP contribution in [0.3, 0.4) is 0 Å². The molecule has 4 rings (SSSR count). The molecule has 0 aliphatic heterocycles. The van der Waals surface area contributed by atoms with Gasteiger partial charge in [0, 0.05) is 0 Å². The Morgan fingerprint density at radius 1 is 0.833 bits per heavy atom. The van der Waals surface area contributed by atoms with Crippen molar-refractivity contribution in [3.05, 3.63) is 108 Å². The largest absolute Gasteiger partial charge is 0.493 e. The van der Waals surface area contributed by atoms with Crippen molar-refractivity contribution in [3.8, 4) is 11.5 Å². The molecule has 0 bridgehead atoms. The van der Waals surface area contributed by atoms with Gasteiger partial charge in [-0.1, -0.05) is 72.8 Å². The summed E-state index contributed by atoms with van der Waals surface area (Å²) in [7, 11) is 1.65. The molecule has 0 fully saturated rings. The second-order valence-electron chi connectivity index (χ2n) is 6.92. The van der Waals surface area contributed by atoms with E-state index in [1.807, 2.05) is 48.5 Å². The minimum Gasteiger partial charge on any atom is -0.493 e. The predicted molar refractivity (Wildman–Crippen MR) is 122 cm³/mol. The number of benzene rings is 4. The number of hydrogen-bond acceptors (Lipinski definition) is 4. The summed E-state index contributed by atoms with van der Waals surface area (Å²) in [6, 6.07) is 30.6. The molecule has 0 radical (unpaired) electrons. The van der Waals surface area contributed by atoms with Gasteiger partial charge >= 0.3 is 0 Å². The average molecular weight is 396 g/mol. The van der Waals surface area contributed by atoms with Gasteiger partial charge in [0.1, 0.15) is 6.61 Å². The highest BCUT2D eigenvalue weighted by atomic mass is 16.5. The summed E-state index contributed by atoms with van der Waals surface area (Å²) in [6.07, 6.45) is 1.78. The molecule has 1 N–H and O–H groups in total. The fourth-order valence-electron chi connectivity index (χ4n) is 3.31. The molecule has 0 unspecified atom stereocenters. The van der Waals surface area contributed by atoms with Crippen molar-refractivity contribution in [1.82, 2.24) is 5.43 Å². The topological polar surface area (TPSA) is 42.8 Å². The molecule has 0 saturated heterocycles. The first-order chi connectivity index (χ1) is 14.8. The first-order valence-corrected chi connectivity index (χ1v) is 9.91. The number of hydrogen-bond donors (Lipinski definition) is 1. The number of nitrogens with one attached hydrogen (secondary N) is 1. The summed E-state index contributed by atoms with van der Waals surface area (Å²) >= 11 is 0. The highest BCUT2D eigenvalue weighted by Crippen LogP contribution is 2.29. The Morgan fingerprint density at radius 2 is 1.63 bits per heavy atom. The smallest absolute Gasteiger partial charge is 0.161 e. The normalized spacial score (nSPS) is 11.0. The maximum atomic E-state index is 6.08. The van der Waals surface area contributed by atoms with E-state index in [-0.39, 0.29) is 0 Å². The van der Waals surface area contributed by atoms with Crippen LogP contribution in [0.1, 0.15) is 16.7 Å². The van der Waals surface area contributed by atoms with E-state index in [2.05, 4.69) is 53.0 Å². The van der Waals surface area contributed by atoms with Crippen LogP contribution in [0.5, 0.6) is 11.5 Å². The highest BCUT2D eigenvalue weighted by molar-refractivity contribution is 5.85. The molecule has 0 saturated carbocycles. The van der Waals surface area contributed by atoms with Crippen LogP contribution in [0, 0.1) is 0 Å². The van der Waals surface area contributed by atoms with Crippen LogP contribution in [-0.4, -0.2) is 13.3 Å². The van der Waals surface area contributed by atoms with E-state index in [9.17, 15) is 0 Å². The molecule has 0 heterocycles. The van der Waals surface area contributed by atoms with Crippen molar-refractivity contribution >= 4 is 17.0 Å². The number of methoxy groups -OCH3 is 1. The van der Waals surface area contributed by atoms with Gasteiger partial charge in [-0.2, -0.15) is 5.10 Å². The zero-order valence-electron chi connectivity index (χ0n) is 16.9. The lowest BCUT2D eigenvalue weighted by molar-refractivity contribution is 0.285. The van der Waals surface area contributed by atoms with E-state index in [4.69, 9.17) is 9.47 Å². The van der Waals surface area contributed by atoms with Crippen molar-refractivity contribution < 1.29 is 9.47 Å². The molecule has 0 aliphatic carbocycles. The van der Waals surface area contributed by atoms with Crippen molar-refractivity contribution in [2.75, 3.05) is 7.11 Å². The monoisotopic (exact) mass is 396 g/mol. The Kier molecular flexibility index (Phi) is 6.25. The van der Waals surface area contributed by atoms with Crippen LogP contribution < -0.4 is 14.9 Å². The molecule has 4 nitrogen and oxygen atoms in total. The van der Waals surface area contributed by atoms with Gasteiger partial charge in [-0.3, -0.25) is 0 Å². The van der Waals surface area contributed by atoms with Crippen molar-refractivity contribution in [1.29, 1.82) is 0 Å². The van der Waals surface area contributed by atoms with Gasteiger partial charge < -0.3 is 14.9 Å². The molecule has 0 aliphatic rings.